The van der Waals surface area contributed by atoms with Crippen molar-refractivity contribution in [3.05, 3.63) is 34.9 Å². The van der Waals surface area contributed by atoms with Gasteiger partial charge in [-0.05, 0) is 36.6 Å². The maximum Gasteiger partial charge on any atom is 0.227 e. The molecule has 2 N–H and O–H groups in total. The average Bonchev–Trinajstić information content (AvgIpc) is 2.38. The monoisotopic (exact) mass is 296 g/mol. The largest absolute Gasteiger partial charge is 0.354 e. The maximum absolute atomic E-state index is 12.3. The number of hydrogen-bond donors (Lipinski definition) is 2. The molecule has 0 aliphatic heterocycles. The molecule has 1 rings (SSSR count). The van der Waals surface area contributed by atoms with Crippen LogP contribution in [-0.2, 0) is 4.79 Å². The van der Waals surface area contributed by atoms with Crippen LogP contribution in [0, 0.1) is 5.92 Å². The first kappa shape index (κ1) is 17.0. The maximum atomic E-state index is 12.3. The van der Waals surface area contributed by atoms with Gasteiger partial charge in [0.2, 0.25) is 5.91 Å². The molecule has 0 aromatic heterocycles. The fourth-order valence-electron chi connectivity index (χ4n) is 2.22. The van der Waals surface area contributed by atoms with Gasteiger partial charge in [0.1, 0.15) is 0 Å². The van der Waals surface area contributed by atoms with Crippen molar-refractivity contribution in [1.82, 2.24) is 10.6 Å². The van der Waals surface area contributed by atoms with Crippen molar-refractivity contribution < 1.29 is 4.79 Å². The first-order valence-corrected chi connectivity index (χ1v) is 7.68. The Morgan fingerprint density at radius 3 is 2.60 bits per heavy atom. The Labute approximate surface area is 127 Å². The first-order chi connectivity index (χ1) is 9.56. The standard InChI is InChI=1S/C16H25ClN2O/c1-4-8-18-9-10-19-16(20)15(12(2)3)13-6-5-7-14(17)11-13/h5-7,11-12,15,18H,4,8-10H2,1-3H3,(H,19,20). The third-order valence-corrected chi connectivity index (χ3v) is 3.42. The van der Waals surface area contributed by atoms with Crippen LogP contribution >= 0.6 is 11.6 Å². The molecule has 4 heteroatoms. The number of amides is 1. The lowest BCUT2D eigenvalue weighted by atomic mass is 9.87. The second-order valence-corrected chi connectivity index (χ2v) is 5.75. The van der Waals surface area contributed by atoms with Crippen LogP contribution in [0.5, 0.6) is 0 Å². The Balaban J connectivity index is 2.60. The van der Waals surface area contributed by atoms with Gasteiger partial charge in [-0.15, -0.1) is 0 Å². The summed E-state index contributed by atoms with van der Waals surface area (Å²) in [7, 11) is 0. The molecule has 0 bridgehead atoms. The van der Waals surface area contributed by atoms with Crippen molar-refractivity contribution in [3.8, 4) is 0 Å². The molecule has 0 aliphatic carbocycles. The molecule has 1 aromatic carbocycles. The van der Waals surface area contributed by atoms with Gasteiger partial charge >= 0.3 is 0 Å². The summed E-state index contributed by atoms with van der Waals surface area (Å²) in [6.45, 7) is 8.68. The van der Waals surface area contributed by atoms with Crippen LogP contribution in [0.25, 0.3) is 0 Å². The van der Waals surface area contributed by atoms with Gasteiger partial charge in [0, 0.05) is 18.1 Å². The van der Waals surface area contributed by atoms with Gasteiger partial charge in [0.05, 0.1) is 5.92 Å². The van der Waals surface area contributed by atoms with E-state index < -0.39 is 0 Å². The lowest BCUT2D eigenvalue weighted by Crippen LogP contribution is -2.36. The van der Waals surface area contributed by atoms with Gasteiger partial charge in [0.25, 0.3) is 0 Å². The predicted octanol–water partition coefficient (Wildman–Crippen LogP) is 3.20. The van der Waals surface area contributed by atoms with E-state index in [0.29, 0.717) is 11.6 Å². The van der Waals surface area contributed by atoms with E-state index >= 15 is 0 Å². The number of hydrogen-bond acceptors (Lipinski definition) is 2. The summed E-state index contributed by atoms with van der Waals surface area (Å²) in [6, 6.07) is 7.56. The zero-order valence-corrected chi connectivity index (χ0v) is 13.3. The van der Waals surface area contributed by atoms with E-state index in [0.717, 1.165) is 25.1 Å². The number of carbonyl (C=O) groups is 1. The van der Waals surface area contributed by atoms with Crippen LogP contribution in [0.3, 0.4) is 0 Å². The van der Waals surface area contributed by atoms with Crippen LogP contribution in [0.2, 0.25) is 5.02 Å². The minimum absolute atomic E-state index is 0.0700. The minimum Gasteiger partial charge on any atom is -0.354 e. The molecule has 0 radical (unpaired) electrons. The van der Waals surface area contributed by atoms with E-state index in [9.17, 15) is 4.79 Å². The van der Waals surface area contributed by atoms with Crippen molar-refractivity contribution in [2.24, 2.45) is 5.92 Å². The van der Waals surface area contributed by atoms with Gasteiger partial charge in [-0.1, -0.05) is 44.5 Å². The molecule has 0 aliphatic rings. The number of halogens is 1. The molecule has 0 saturated carbocycles. The molecule has 20 heavy (non-hydrogen) atoms. The molecule has 1 atom stereocenters. The van der Waals surface area contributed by atoms with Crippen molar-refractivity contribution in [1.29, 1.82) is 0 Å². The molecule has 3 nitrogen and oxygen atoms in total. The average molecular weight is 297 g/mol. The Hall–Kier alpha value is -1.06. The van der Waals surface area contributed by atoms with Crippen LogP contribution in [-0.4, -0.2) is 25.5 Å². The van der Waals surface area contributed by atoms with E-state index in [4.69, 9.17) is 11.6 Å². The SMILES string of the molecule is CCCNCCNC(=O)C(c1cccc(Cl)c1)C(C)C. The number of benzene rings is 1. The zero-order chi connectivity index (χ0) is 15.0. The topological polar surface area (TPSA) is 41.1 Å². The van der Waals surface area contributed by atoms with E-state index in [1.165, 1.54) is 0 Å². The molecule has 0 saturated heterocycles. The van der Waals surface area contributed by atoms with Gasteiger partial charge in [-0.3, -0.25) is 4.79 Å². The third kappa shape index (κ3) is 5.51. The van der Waals surface area contributed by atoms with E-state index in [2.05, 4.69) is 31.4 Å². The Morgan fingerprint density at radius 1 is 1.25 bits per heavy atom. The first-order valence-electron chi connectivity index (χ1n) is 7.30. The summed E-state index contributed by atoms with van der Waals surface area (Å²) in [6.07, 6.45) is 1.10. The Kier molecular flexibility index (Phi) is 7.63. The molecule has 1 aromatic rings. The molecule has 1 unspecified atom stereocenters. The van der Waals surface area contributed by atoms with Crippen molar-refractivity contribution in [2.45, 2.75) is 33.1 Å². The van der Waals surface area contributed by atoms with Gasteiger partial charge in [-0.2, -0.15) is 0 Å². The zero-order valence-electron chi connectivity index (χ0n) is 12.6. The van der Waals surface area contributed by atoms with Crippen molar-refractivity contribution >= 4 is 17.5 Å². The Bertz CT molecular complexity index is 421. The summed E-state index contributed by atoms with van der Waals surface area (Å²) in [4.78, 5) is 12.3. The summed E-state index contributed by atoms with van der Waals surface area (Å²) in [5.74, 6) is 0.150. The lowest BCUT2D eigenvalue weighted by molar-refractivity contribution is -0.123. The second-order valence-electron chi connectivity index (χ2n) is 5.32. The molecule has 0 spiro atoms. The summed E-state index contributed by atoms with van der Waals surface area (Å²) in [5.41, 5.74) is 0.978. The van der Waals surface area contributed by atoms with Crippen LogP contribution in [0.4, 0.5) is 0 Å². The smallest absolute Gasteiger partial charge is 0.227 e. The number of carbonyl (C=O) groups excluding carboxylic acids is 1. The third-order valence-electron chi connectivity index (χ3n) is 3.18. The number of nitrogens with one attached hydrogen (secondary N) is 2. The van der Waals surface area contributed by atoms with Crippen LogP contribution in [0.15, 0.2) is 24.3 Å². The summed E-state index contributed by atoms with van der Waals surface area (Å²) in [5, 5.41) is 6.94. The van der Waals surface area contributed by atoms with E-state index in [1.54, 1.807) is 0 Å². The minimum atomic E-state index is -0.153. The summed E-state index contributed by atoms with van der Waals surface area (Å²) >= 11 is 6.02. The molecule has 0 fully saturated rings. The van der Waals surface area contributed by atoms with E-state index in [-0.39, 0.29) is 17.7 Å². The van der Waals surface area contributed by atoms with Crippen molar-refractivity contribution in [2.75, 3.05) is 19.6 Å². The normalized spacial score (nSPS) is 12.4. The van der Waals surface area contributed by atoms with Crippen LogP contribution < -0.4 is 10.6 Å². The fraction of sp³-hybridized carbons (Fsp3) is 0.562. The molecule has 112 valence electrons. The van der Waals surface area contributed by atoms with E-state index in [1.807, 2.05) is 24.3 Å². The summed E-state index contributed by atoms with van der Waals surface area (Å²) < 4.78 is 0. The molecule has 1 amide bonds. The fourth-order valence-corrected chi connectivity index (χ4v) is 2.42. The molecular weight excluding hydrogens is 272 g/mol. The Morgan fingerprint density at radius 2 is 2.00 bits per heavy atom. The highest BCUT2D eigenvalue weighted by Gasteiger charge is 2.23. The highest BCUT2D eigenvalue weighted by atomic mass is 35.5. The van der Waals surface area contributed by atoms with Gasteiger partial charge in [0.15, 0.2) is 0 Å². The predicted molar refractivity (Wildman–Crippen MR) is 85.2 cm³/mol. The van der Waals surface area contributed by atoms with Crippen molar-refractivity contribution in [3.63, 3.8) is 0 Å². The highest BCUT2D eigenvalue weighted by molar-refractivity contribution is 6.30. The quantitative estimate of drug-likeness (QED) is 0.723. The highest BCUT2D eigenvalue weighted by Crippen LogP contribution is 2.26. The molecular formula is C16H25ClN2O. The van der Waals surface area contributed by atoms with Gasteiger partial charge in [-0.25, -0.2) is 0 Å². The van der Waals surface area contributed by atoms with Gasteiger partial charge < -0.3 is 10.6 Å². The number of rotatable bonds is 8. The van der Waals surface area contributed by atoms with Crippen LogP contribution in [0.1, 0.15) is 38.7 Å². The second kappa shape index (κ2) is 8.98. The lowest BCUT2D eigenvalue weighted by Gasteiger charge is -2.21. The molecule has 0 heterocycles.